The summed E-state index contributed by atoms with van der Waals surface area (Å²) < 4.78 is 11.7. The van der Waals surface area contributed by atoms with Crippen molar-refractivity contribution in [2.75, 3.05) is 14.2 Å². The van der Waals surface area contributed by atoms with E-state index in [-0.39, 0.29) is 0 Å². The number of aromatic amines is 1. The van der Waals surface area contributed by atoms with E-state index >= 15 is 0 Å². The summed E-state index contributed by atoms with van der Waals surface area (Å²) in [5.74, 6) is 1.34. The lowest BCUT2D eigenvalue weighted by Gasteiger charge is -2.08. The maximum atomic E-state index is 11.5. The Bertz CT molecular complexity index is 837. The molecule has 1 heterocycles. The lowest BCUT2D eigenvalue weighted by Crippen LogP contribution is -1.89. The van der Waals surface area contributed by atoms with Gasteiger partial charge in [-0.2, -0.15) is 0 Å². The minimum atomic E-state index is 0.517. The van der Waals surface area contributed by atoms with Crippen molar-refractivity contribution in [1.29, 1.82) is 0 Å². The molecule has 0 saturated heterocycles. The van der Waals surface area contributed by atoms with Gasteiger partial charge in [0.05, 0.1) is 30.8 Å². The molecular formula is C17H14BrNO3. The van der Waals surface area contributed by atoms with Crippen LogP contribution in [0.4, 0.5) is 0 Å². The zero-order valence-electron chi connectivity index (χ0n) is 12.1. The number of rotatable bonds is 4. The fraction of sp³-hybridized carbons (Fsp3) is 0.118. The summed E-state index contributed by atoms with van der Waals surface area (Å²) in [5, 5.41) is 0.868. The quantitative estimate of drug-likeness (QED) is 0.701. The van der Waals surface area contributed by atoms with Gasteiger partial charge in [0.15, 0.2) is 6.29 Å². The highest BCUT2D eigenvalue weighted by molar-refractivity contribution is 9.10. The van der Waals surface area contributed by atoms with Crippen molar-refractivity contribution in [2.45, 2.75) is 0 Å². The fourth-order valence-electron chi connectivity index (χ4n) is 2.57. The summed E-state index contributed by atoms with van der Waals surface area (Å²) in [4.78, 5) is 14.6. The first kappa shape index (κ1) is 14.7. The van der Waals surface area contributed by atoms with E-state index in [2.05, 4.69) is 20.9 Å². The van der Waals surface area contributed by atoms with Crippen molar-refractivity contribution in [3.63, 3.8) is 0 Å². The third-order valence-corrected chi connectivity index (χ3v) is 4.10. The molecule has 5 heteroatoms. The Hall–Kier alpha value is -2.27. The van der Waals surface area contributed by atoms with Gasteiger partial charge in [0.1, 0.15) is 11.5 Å². The molecule has 0 aliphatic heterocycles. The van der Waals surface area contributed by atoms with E-state index in [9.17, 15) is 4.79 Å². The first-order chi connectivity index (χ1) is 10.7. The lowest BCUT2D eigenvalue weighted by atomic mass is 10.0. The second-order valence-electron chi connectivity index (χ2n) is 4.79. The van der Waals surface area contributed by atoms with Crippen LogP contribution in [0.1, 0.15) is 10.5 Å². The van der Waals surface area contributed by atoms with Crippen molar-refractivity contribution in [1.82, 2.24) is 4.98 Å². The monoisotopic (exact) mass is 359 g/mol. The Labute approximate surface area is 136 Å². The molecule has 4 nitrogen and oxygen atoms in total. The van der Waals surface area contributed by atoms with Crippen LogP contribution in [0.5, 0.6) is 11.5 Å². The van der Waals surface area contributed by atoms with Crippen molar-refractivity contribution in [3.05, 3.63) is 46.6 Å². The average Bonchev–Trinajstić information content (AvgIpc) is 2.93. The number of ether oxygens (including phenoxy) is 2. The topological polar surface area (TPSA) is 51.3 Å². The second kappa shape index (κ2) is 5.85. The number of hydrogen-bond acceptors (Lipinski definition) is 3. The molecule has 0 aliphatic rings. The summed E-state index contributed by atoms with van der Waals surface area (Å²) in [7, 11) is 3.20. The molecule has 112 valence electrons. The van der Waals surface area contributed by atoms with Gasteiger partial charge in [-0.25, -0.2) is 0 Å². The molecular weight excluding hydrogens is 346 g/mol. The highest BCUT2D eigenvalue weighted by atomic mass is 79.9. The molecule has 22 heavy (non-hydrogen) atoms. The van der Waals surface area contributed by atoms with Crippen molar-refractivity contribution >= 4 is 33.1 Å². The molecule has 0 spiro atoms. The van der Waals surface area contributed by atoms with E-state index in [0.717, 1.165) is 32.8 Å². The van der Waals surface area contributed by atoms with Crippen LogP contribution in [0.25, 0.3) is 22.0 Å². The third-order valence-electron chi connectivity index (χ3n) is 3.57. The van der Waals surface area contributed by atoms with Gasteiger partial charge < -0.3 is 14.5 Å². The Balaban J connectivity index is 2.36. The number of aromatic nitrogens is 1. The lowest BCUT2D eigenvalue weighted by molar-refractivity contribution is 0.112. The first-order valence-corrected chi connectivity index (χ1v) is 7.46. The molecule has 0 unspecified atom stereocenters. The minimum absolute atomic E-state index is 0.517. The average molecular weight is 360 g/mol. The molecule has 0 amide bonds. The maximum Gasteiger partial charge on any atom is 0.166 e. The van der Waals surface area contributed by atoms with Crippen LogP contribution in [0.2, 0.25) is 0 Å². The Morgan fingerprint density at radius 1 is 1.09 bits per heavy atom. The number of methoxy groups -OCH3 is 2. The van der Waals surface area contributed by atoms with Gasteiger partial charge in [-0.15, -0.1) is 0 Å². The number of halogens is 1. The van der Waals surface area contributed by atoms with E-state index in [0.29, 0.717) is 17.2 Å². The van der Waals surface area contributed by atoms with E-state index in [1.807, 2.05) is 36.4 Å². The molecule has 0 radical (unpaired) electrons. The van der Waals surface area contributed by atoms with E-state index < -0.39 is 0 Å². The number of H-pyrrole nitrogens is 1. The molecule has 1 aromatic heterocycles. The summed E-state index contributed by atoms with van der Waals surface area (Å²) in [6.07, 6.45) is 0.823. The van der Waals surface area contributed by atoms with Crippen LogP contribution in [-0.4, -0.2) is 25.5 Å². The highest BCUT2D eigenvalue weighted by Gasteiger charge is 2.18. The Morgan fingerprint density at radius 3 is 2.41 bits per heavy atom. The van der Waals surface area contributed by atoms with Crippen LogP contribution in [-0.2, 0) is 0 Å². The predicted molar refractivity (Wildman–Crippen MR) is 89.9 cm³/mol. The van der Waals surface area contributed by atoms with Crippen LogP contribution in [0, 0.1) is 0 Å². The van der Waals surface area contributed by atoms with Crippen molar-refractivity contribution in [3.8, 4) is 22.6 Å². The number of hydrogen-bond donors (Lipinski definition) is 1. The number of aldehydes is 1. The van der Waals surface area contributed by atoms with E-state index in [1.54, 1.807) is 14.2 Å². The van der Waals surface area contributed by atoms with Gasteiger partial charge in [0.25, 0.3) is 0 Å². The first-order valence-electron chi connectivity index (χ1n) is 6.66. The molecule has 0 bridgehead atoms. The molecule has 0 aliphatic carbocycles. The van der Waals surface area contributed by atoms with Gasteiger partial charge in [0, 0.05) is 22.2 Å². The Morgan fingerprint density at radius 2 is 1.82 bits per heavy atom. The van der Waals surface area contributed by atoms with Crippen LogP contribution < -0.4 is 9.47 Å². The van der Waals surface area contributed by atoms with Crippen molar-refractivity contribution in [2.24, 2.45) is 0 Å². The summed E-state index contributed by atoms with van der Waals surface area (Å²) >= 11 is 3.42. The van der Waals surface area contributed by atoms with Gasteiger partial charge in [-0.05, 0) is 17.7 Å². The second-order valence-corrected chi connectivity index (χ2v) is 5.71. The number of carbonyl (C=O) groups is 1. The number of nitrogens with one attached hydrogen (secondary N) is 1. The maximum absolute atomic E-state index is 11.5. The molecule has 3 aromatic rings. The van der Waals surface area contributed by atoms with Gasteiger partial charge in [-0.3, -0.25) is 4.79 Å². The van der Waals surface area contributed by atoms with Crippen LogP contribution in [0.15, 0.2) is 40.9 Å². The summed E-state index contributed by atoms with van der Waals surface area (Å²) in [6.45, 7) is 0. The molecule has 0 fully saturated rings. The third kappa shape index (κ3) is 2.37. The zero-order valence-corrected chi connectivity index (χ0v) is 13.7. The number of fused-ring (bicyclic) bond motifs is 1. The SMILES string of the molecule is COc1cc(OC)c2c(-c3ccc(Br)cc3)c(C=O)[nH]c2c1. The predicted octanol–water partition coefficient (Wildman–Crippen LogP) is 4.43. The van der Waals surface area contributed by atoms with Crippen LogP contribution >= 0.6 is 15.9 Å². The van der Waals surface area contributed by atoms with E-state index in [1.165, 1.54) is 0 Å². The van der Waals surface area contributed by atoms with Gasteiger partial charge in [0.2, 0.25) is 0 Å². The molecule has 2 aromatic carbocycles. The summed E-state index contributed by atoms with van der Waals surface area (Å²) in [6, 6.07) is 11.5. The summed E-state index contributed by atoms with van der Waals surface area (Å²) in [5.41, 5.74) is 3.09. The van der Waals surface area contributed by atoms with E-state index in [4.69, 9.17) is 9.47 Å². The van der Waals surface area contributed by atoms with Crippen LogP contribution in [0.3, 0.4) is 0 Å². The minimum Gasteiger partial charge on any atom is -0.497 e. The normalized spacial score (nSPS) is 10.7. The van der Waals surface area contributed by atoms with Gasteiger partial charge in [-0.1, -0.05) is 28.1 Å². The zero-order chi connectivity index (χ0) is 15.7. The smallest absolute Gasteiger partial charge is 0.166 e. The number of benzene rings is 2. The molecule has 0 atom stereocenters. The van der Waals surface area contributed by atoms with Gasteiger partial charge >= 0.3 is 0 Å². The largest absolute Gasteiger partial charge is 0.497 e. The molecule has 0 saturated carbocycles. The molecule has 1 N–H and O–H groups in total. The number of carbonyl (C=O) groups excluding carboxylic acids is 1. The van der Waals surface area contributed by atoms with Crippen molar-refractivity contribution < 1.29 is 14.3 Å². The Kier molecular flexibility index (Phi) is 3.90. The fourth-order valence-corrected chi connectivity index (χ4v) is 2.84. The standard InChI is InChI=1S/C17H14BrNO3/c1-21-12-7-13-17(15(8-12)22-2)16(14(9-20)19-13)10-3-5-11(18)6-4-10/h3-9,19H,1-2H3. The highest BCUT2D eigenvalue weighted by Crippen LogP contribution is 2.40. The molecule has 3 rings (SSSR count).